The molecule has 0 saturated heterocycles. The number of nitrogens with one attached hydrogen (secondary N) is 1. The molecule has 1 aromatic carbocycles. The van der Waals surface area contributed by atoms with Crippen LogP contribution in [0.5, 0.6) is 11.5 Å². The molecule has 202 valence electrons. The predicted octanol–water partition coefficient (Wildman–Crippen LogP) is 6.26. The zero-order valence-corrected chi connectivity index (χ0v) is 22.2. The number of allylic oxidation sites excluding steroid dienone is 1. The van der Waals surface area contributed by atoms with Crippen LogP contribution in [0.2, 0.25) is 0 Å². The Kier molecular flexibility index (Phi) is 12.5. The molecule has 0 aliphatic heterocycles. The van der Waals surface area contributed by atoms with E-state index in [1.54, 1.807) is 13.0 Å². The summed E-state index contributed by atoms with van der Waals surface area (Å²) in [5, 5.41) is 12.3. The van der Waals surface area contributed by atoms with Gasteiger partial charge in [-0.3, -0.25) is 10.1 Å². The average Bonchev–Trinajstić information content (AvgIpc) is 3.41. The summed E-state index contributed by atoms with van der Waals surface area (Å²) in [7, 11) is 1.27. The quantitative estimate of drug-likeness (QED) is 0.361. The number of aromatic hydroxyl groups is 1. The lowest BCUT2D eigenvalue weighted by atomic mass is 10.0. The molecule has 1 aliphatic rings. The first-order valence-electron chi connectivity index (χ1n) is 12.8. The lowest BCUT2D eigenvalue weighted by Gasteiger charge is -2.11. The van der Waals surface area contributed by atoms with Crippen LogP contribution in [0.15, 0.2) is 51.8 Å². The van der Waals surface area contributed by atoms with Crippen molar-refractivity contribution in [1.29, 1.82) is 0 Å². The van der Waals surface area contributed by atoms with Crippen molar-refractivity contribution in [1.82, 2.24) is 5.32 Å². The highest BCUT2D eigenvalue weighted by Gasteiger charge is 2.19. The number of amides is 1. The Labute approximate surface area is 218 Å². The van der Waals surface area contributed by atoms with E-state index in [1.807, 2.05) is 6.92 Å². The molecule has 1 aliphatic carbocycles. The van der Waals surface area contributed by atoms with Gasteiger partial charge in [-0.15, -0.1) is 0 Å². The summed E-state index contributed by atoms with van der Waals surface area (Å²) in [6, 6.07) is 9.63. The zero-order valence-electron chi connectivity index (χ0n) is 22.2. The fourth-order valence-corrected chi connectivity index (χ4v) is 3.96. The number of ketones is 1. The van der Waals surface area contributed by atoms with Gasteiger partial charge in [-0.25, -0.2) is 9.59 Å². The second-order valence-electron chi connectivity index (χ2n) is 9.26. The van der Waals surface area contributed by atoms with E-state index in [1.165, 1.54) is 50.6 Å². The lowest BCUT2D eigenvalue weighted by Crippen LogP contribution is -2.16. The van der Waals surface area contributed by atoms with Gasteiger partial charge in [0.1, 0.15) is 22.8 Å². The molecule has 8 heteroatoms. The van der Waals surface area contributed by atoms with E-state index < -0.39 is 17.5 Å². The van der Waals surface area contributed by atoms with Crippen molar-refractivity contribution < 1.29 is 28.6 Å². The number of Topliss-reactive ketones (excluding diaryl/α,β-unsaturated/α-hetero) is 1. The maximum absolute atomic E-state index is 11.8. The number of carbonyl (C=O) groups is 2. The molecule has 0 bridgehead atoms. The molecular formula is C29H39NO7. The summed E-state index contributed by atoms with van der Waals surface area (Å²) < 4.78 is 15.3. The Morgan fingerprint density at radius 3 is 2.49 bits per heavy atom. The Hall–Kier alpha value is -3.55. The van der Waals surface area contributed by atoms with Crippen molar-refractivity contribution in [2.24, 2.45) is 5.92 Å². The van der Waals surface area contributed by atoms with Gasteiger partial charge in [-0.1, -0.05) is 50.5 Å². The third kappa shape index (κ3) is 10.1. The van der Waals surface area contributed by atoms with Crippen LogP contribution in [0.4, 0.5) is 4.79 Å². The molecule has 1 amide bonds. The summed E-state index contributed by atoms with van der Waals surface area (Å²) in [4.78, 5) is 34.2. The number of carbonyl (C=O) groups excluding carboxylic acids is 2. The molecule has 2 N–H and O–H groups in total. The molecule has 37 heavy (non-hydrogen) atoms. The SMILES string of the molecule is CCC(=O)c1c(O)cc(C(C)CC/C=C/NC(=O)OC)oc1=O.Cc1ccc(OCC2CCCC2)cc1. The van der Waals surface area contributed by atoms with E-state index in [-0.39, 0.29) is 23.7 Å². The Balaban J connectivity index is 0.000000291. The first kappa shape index (κ1) is 29.7. The van der Waals surface area contributed by atoms with Crippen LogP contribution in [0.1, 0.15) is 86.4 Å². The first-order valence-corrected chi connectivity index (χ1v) is 12.8. The van der Waals surface area contributed by atoms with Crippen LogP contribution < -0.4 is 15.7 Å². The van der Waals surface area contributed by atoms with Gasteiger partial charge in [0.05, 0.1) is 13.7 Å². The van der Waals surface area contributed by atoms with Gasteiger partial charge in [0.15, 0.2) is 5.78 Å². The summed E-state index contributed by atoms with van der Waals surface area (Å²) in [6.45, 7) is 6.44. The smallest absolute Gasteiger partial charge is 0.410 e. The van der Waals surface area contributed by atoms with Gasteiger partial charge in [-0.2, -0.15) is 0 Å². The topological polar surface area (TPSA) is 115 Å². The van der Waals surface area contributed by atoms with E-state index in [4.69, 9.17) is 9.15 Å². The Morgan fingerprint density at radius 1 is 1.22 bits per heavy atom. The fraction of sp³-hybridized carbons (Fsp3) is 0.483. The van der Waals surface area contributed by atoms with E-state index >= 15 is 0 Å². The maximum Gasteiger partial charge on any atom is 0.410 e. The number of rotatable bonds is 10. The number of aryl methyl sites for hydroxylation is 1. The largest absolute Gasteiger partial charge is 0.507 e. The minimum Gasteiger partial charge on any atom is -0.507 e. The van der Waals surface area contributed by atoms with Gasteiger partial charge in [0.25, 0.3) is 0 Å². The maximum atomic E-state index is 11.8. The summed E-state index contributed by atoms with van der Waals surface area (Å²) in [5.74, 6) is 1.19. The standard InChI is InChI=1S/C16H21NO6.C13H18O/c1-4-11(18)14-12(19)9-13(23-15(14)20)10(2)7-5-6-8-17-16(21)22-3;1-11-6-8-13(9-7-11)14-10-12-4-2-3-5-12/h6,8-10,19H,4-5,7H2,1-3H3,(H,17,21);6-9,12H,2-5,10H2,1H3/b8-6+;. The highest BCUT2D eigenvalue weighted by atomic mass is 16.5. The van der Waals surface area contributed by atoms with Crippen LogP contribution in [0.3, 0.4) is 0 Å². The van der Waals surface area contributed by atoms with Crippen LogP contribution >= 0.6 is 0 Å². The Bertz CT molecular complexity index is 1080. The number of benzene rings is 1. The van der Waals surface area contributed by atoms with Crippen molar-refractivity contribution in [3.05, 3.63) is 69.9 Å². The average molecular weight is 514 g/mol. The second-order valence-corrected chi connectivity index (χ2v) is 9.26. The minimum absolute atomic E-state index is 0.116. The molecule has 1 heterocycles. The summed E-state index contributed by atoms with van der Waals surface area (Å²) in [6.07, 6.45) is 9.50. The lowest BCUT2D eigenvalue weighted by molar-refractivity contribution is 0.0980. The van der Waals surface area contributed by atoms with Crippen LogP contribution in [0, 0.1) is 12.8 Å². The number of hydrogen-bond donors (Lipinski definition) is 2. The highest BCUT2D eigenvalue weighted by Crippen LogP contribution is 2.26. The van der Waals surface area contributed by atoms with E-state index in [0.29, 0.717) is 18.6 Å². The van der Waals surface area contributed by atoms with Crippen molar-refractivity contribution >= 4 is 11.9 Å². The van der Waals surface area contributed by atoms with Gasteiger partial charge >= 0.3 is 11.7 Å². The van der Waals surface area contributed by atoms with E-state index in [9.17, 15) is 19.5 Å². The minimum atomic E-state index is -0.818. The van der Waals surface area contributed by atoms with Crippen molar-refractivity contribution in [2.45, 2.75) is 71.6 Å². The normalized spacial score (nSPS) is 14.1. The first-order chi connectivity index (χ1) is 17.7. The van der Waals surface area contributed by atoms with Crippen LogP contribution in [-0.2, 0) is 4.74 Å². The Morgan fingerprint density at radius 2 is 1.89 bits per heavy atom. The van der Waals surface area contributed by atoms with Crippen LogP contribution in [-0.4, -0.2) is 30.7 Å². The van der Waals surface area contributed by atoms with Crippen molar-refractivity contribution in [3.8, 4) is 11.5 Å². The summed E-state index contributed by atoms with van der Waals surface area (Å²) >= 11 is 0. The fourth-order valence-electron chi connectivity index (χ4n) is 3.96. The molecule has 3 rings (SSSR count). The number of hydrogen-bond acceptors (Lipinski definition) is 7. The molecule has 0 radical (unpaired) electrons. The molecular weight excluding hydrogens is 474 g/mol. The molecule has 0 spiro atoms. The van der Waals surface area contributed by atoms with E-state index in [2.05, 4.69) is 41.2 Å². The van der Waals surface area contributed by atoms with E-state index in [0.717, 1.165) is 18.3 Å². The highest BCUT2D eigenvalue weighted by molar-refractivity contribution is 5.97. The molecule has 1 unspecified atom stereocenters. The number of ether oxygens (including phenoxy) is 2. The van der Waals surface area contributed by atoms with Gasteiger partial charge in [0, 0.05) is 24.6 Å². The monoisotopic (exact) mass is 513 g/mol. The third-order valence-electron chi connectivity index (χ3n) is 6.29. The second kappa shape index (κ2) is 15.5. The van der Waals surface area contributed by atoms with Crippen molar-refractivity contribution in [3.63, 3.8) is 0 Å². The number of alkyl carbamates (subject to hydrolysis) is 1. The molecule has 1 fully saturated rings. The van der Waals surface area contributed by atoms with Gasteiger partial charge in [-0.05, 0) is 50.7 Å². The molecule has 1 aromatic heterocycles. The summed E-state index contributed by atoms with van der Waals surface area (Å²) in [5.41, 5.74) is 0.172. The molecule has 2 aromatic rings. The molecule has 1 atom stereocenters. The third-order valence-corrected chi connectivity index (χ3v) is 6.29. The van der Waals surface area contributed by atoms with Gasteiger partial charge < -0.3 is 19.0 Å². The van der Waals surface area contributed by atoms with Gasteiger partial charge in [0.2, 0.25) is 0 Å². The van der Waals surface area contributed by atoms with Crippen molar-refractivity contribution in [2.75, 3.05) is 13.7 Å². The zero-order chi connectivity index (χ0) is 27.2. The molecule has 8 nitrogen and oxygen atoms in total. The molecule has 1 saturated carbocycles. The van der Waals surface area contributed by atoms with Crippen LogP contribution in [0.25, 0.3) is 0 Å². The number of methoxy groups -OCH3 is 1. The predicted molar refractivity (Wildman–Crippen MR) is 142 cm³/mol.